The topological polar surface area (TPSA) is 100 Å². The van der Waals surface area contributed by atoms with Gasteiger partial charge in [-0.25, -0.2) is 4.79 Å². The zero-order chi connectivity index (χ0) is 19.2. The molecule has 1 fully saturated rings. The van der Waals surface area contributed by atoms with E-state index in [1.807, 2.05) is 17.0 Å². The molecule has 2 aliphatic rings. The van der Waals surface area contributed by atoms with E-state index in [2.05, 4.69) is 10.6 Å². The Labute approximate surface area is 157 Å². The Hall–Kier alpha value is -2.81. The molecule has 0 unspecified atom stereocenters. The second kappa shape index (κ2) is 8.72. The van der Waals surface area contributed by atoms with Crippen LogP contribution in [0.25, 0.3) is 0 Å². The van der Waals surface area contributed by atoms with Gasteiger partial charge in [-0.2, -0.15) is 0 Å². The minimum absolute atomic E-state index is 0.115. The van der Waals surface area contributed by atoms with Crippen molar-refractivity contribution in [3.8, 4) is 11.5 Å². The van der Waals surface area contributed by atoms with Crippen molar-refractivity contribution in [1.29, 1.82) is 0 Å². The van der Waals surface area contributed by atoms with E-state index in [-0.39, 0.29) is 25.0 Å². The number of ether oxygens (including phenoxy) is 2. The number of para-hydroxylation sites is 2. The van der Waals surface area contributed by atoms with Gasteiger partial charge in [0.1, 0.15) is 6.61 Å². The number of nitrogens with zero attached hydrogens (tertiary/aromatic N) is 2. The van der Waals surface area contributed by atoms with Gasteiger partial charge in [-0.05, 0) is 19.1 Å². The maximum absolute atomic E-state index is 12.7. The smallest absolute Gasteiger partial charge is 0.321 e. The van der Waals surface area contributed by atoms with Crippen molar-refractivity contribution in [3.05, 3.63) is 24.3 Å². The lowest BCUT2D eigenvalue weighted by atomic mass is 10.2. The van der Waals surface area contributed by atoms with Crippen LogP contribution in [0, 0.1) is 0 Å². The van der Waals surface area contributed by atoms with Gasteiger partial charge in [-0.3, -0.25) is 19.8 Å². The maximum atomic E-state index is 12.7. The predicted octanol–water partition coefficient (Wildman–Crippen LogP) is -0.184. The fourth-order valence-corrected chi connectivity index (χ4v) is 3.05. The molecule has 0 spiro atoms. The first-order valence-corrected chi connectivity index (χ1v) is 9.04. The molecule has 3 rings (SSSR count). The number of carbonyl (C=O) groups is 3. The summed E-state index contributed by atoms with van der Waals surface area (Å²) >= 11 is 0. The Balaban J connectivity index is 1.44. The van der Waals surface area contributed by atoms with Crippen LogP contribution in [0.4, 0.5) is 4.79 Å². The quantitative estimate of drug-likeness (QED) is 0.756. The Bertz CT molecular complexity index is 703. The fraction of sp³-hybridized carbons (Fsp3) is 0.500. The molecule has 2 heterocycles. The summed E-state index contributed by atoms with van der Waals surface area (Å²) in [6.07, 6.45) is -0.660. The third-order valence-corrected chi connectivity index (χ3v) is 4.43. The number of piperazine rings is 1. The second-order valence-electron chi connectivity index (χ2n) is 6.37. The van der Waals surface area contributed by atoms with Gasteiger partial charge in [0.2, 0.25) is 12.0 Å². The fourth-order valence-electron chi connectivity index (χ4n) is 3.05. The molecule has 2 aliphatic heterocycles. The van der Waals surface area contributed by atoms with Crippen molar-refractivity contribution >= 4 is 17.8 Å². The second-order valence-corrected chi connectivity index (χ2v) is 6.37. The number of benzene rings is 1. The van der Waals surface area contributed by atoms with Crippen LogP contribution >= 0.6 is 0 Å². The molecule has 0 aromatic heterocycles. The van der Waals surface area contributed by atoms with Crippen molar-refractivity contribution in [3.63, 3.8) is 0 Å². The van der Waals surface area contributed by atoms with Gasteiger partial charge in [-0.15, -0.1) is 0 Å². The van der Waals surface area contributed by atoms with Crippen LogP contribution in [0.5, 0.6) is 11.5 Å². The van der Waals surface area contributed by atoms with Gasteiger partial charge in [-0.1, -0.05) is 12.1 Å². The molecule has 1 saturated heterocycles. The third kappa shape index (κ3) is 4.88. The highest BCUT2D eigenvalue weighted by Crippen LogP contribution is 2.31. The van der Waals surface area contributed by atoms with E-state index in [1.165, 1.54) is 0 Å². The van der Waals surface area contributed by atoms with E-state index >= 15 is 0 Å². The number of rotatable bonds is 4. The van der Waals surface area contributed by atoms with Crippen LogP contribution < -0.4 is 20.1 Å². The van der Waals surface area contributed by atoms with Gasteiger partial charge in [0.25, 0.3) is 5.91 Å². The van der Waals surface area contributed by atoms with Crippen molar-refractivity contribution in [2.75, 3.05) is 45.9 Å². The first-order chi connectivity index (χ1) is 13.1. The van der Waals surface area contributed by atoms with Crippen molar-refractivity contribution in [2.24, 2.45) is 0 Å². The number of urea groups is 1. The largest absolute Gasteiger partial charge is 0.485 e. The van der Waals surface area contributed by atoms with Crippen LogP contribution in [0.3, 0.4) is 0 Å². The van der Waals surface area contributed by atoms with E-state index in [1.54, 1.807) is 24.0 Å². The highest BCUT2D eigenvalue weighted by atomic mass is 16.6. The summed E-state index contributed by atoms with van der Waals surface area (Å²) < 4.78 is 11.4. The maximum Gasteiger partial charge on any atom is 0.321 e. The van der Waals surface area contributed by atoms with Crippen LogP contribution in [-0.4, -0.2) is 79.6 Å². The first kappa shape index (κ1) is 19.0. The zero-order valence-electron chi connectivity index (χ0n) is 15.3. The molecular weight excluding hydrogens is 352 g/mol. The molecule has 0 saturated carbocycles. The van der Waals surface area contributed by atoms with E-state index in [0.717, 1.165) is 0 Å². The SMILES string of the molecule is CCNC(=O)NC(=O)CN1CCN(C(=O)[C@H]2COc3ccccc3O2)CC1. The van der Waals surface area contributed by atoms with Gasteiger partial charge >= 0.3 is 6.03 Å². The number of carbonyl (C=O) groups excluding carboxylic acids is 3. The molecular formula is C18H24N4O5. The van der Waals surface area contributed by atoms with E-state index in [0.29, 0.717) is 44.2 Å². The summed E-state index contributed by atoms with van der Waals surface area (Å²) in [5.74, 6) is 0.740. The van der Waals surface area contributed by atoms with Gasteiger partial charge < -0.3 is 19.7 Å². The summed E-state index contributed by atoms with van der Waals surface area (Å²) in [5.41, 5.74) is 0. The predicted molar refractivity (Wildman–Crippen MR) is 96.6 cm³/mol. The molecule has 9 nitrogen and oxygen atoms in total. The Morgan fingerprint density at radius 1 is 1.11 bits per heavy atom. The molecule has 27 heavy (non-hydrogen) atoms. The lowest BCUT2D eigenvalue weighted by molar-refractivity contribution is -0.143. The van der Waals surface area contributed by atoms with Gasteiger partial charge in [0.15, 0.2) is 11.5 Å². The summed E-state index contributed by atoms with van der Waals surface area (Å²) in [6.45, 7) is 4.64. The van der Waals surface area contributed by atoms with E-state index in [4.69, 9.17) is 9.47 Å². The number of amides is 4. The summed E-state index contributed by atoms with van der Waals surface area (Å²) in [7, 11) is 0. The average molecular weight is 376 g/mol. The highest BCUT2D eigenvalue weighted by molar-refractivity contribution is 5.95. The average Bonchev–Trinajstić information content (AvgIpc) is 2.67. The highest BCUT2D eigenvalue weighted by Gasteiger charge is 2.32. The van der Waals surface area contributed by atoms with Crippen LogP contribution in [0.2, 0.25) is 0 Å². The molecule has 0 aliphatic carbocycles. The number of fused-ring (bicyclic) bond motifs is 1. The van der Waals surface area contributed by atoms with Crippen LogP contribution in [-0.2, 0) is 9.59 Å². The molecule has 0 radical (unpaired) electrons. The third-order valence-electron chi connectivity index (χ3n) is 4.43. The van der Waals surface area contributed by atoms with Crippen LogP contribution in [0.1, 0.15) is 6.92 Å². The molecule has 2 N–H and O–H groups in total. The lowest BCUT2D eigenvalue weighted by Gasteiger charge is -2.36. The van der Waals surface area contributed by atoms with Gasteiger partial charge in [0, 0.05) is 32.7 Å². The Morgan fingerprint density at radius 3 is 2.52 bits per heavy atom. The Morgan fingerprint density at radius 2 is 1.81 bits per heavy atom. The minimum atomic E-state index is -0.660. The molecule has 1 aromatic carbocycles. The molecule has 1 atom stereocenters. The molecule has 9 heteroatoms. The summed E-state index contributed by atoms with van der Waals surface area (Å²) in [4.78, 5) is 39.5. The Kier molecular flexibility index (Phi) is 6.12. The summed E-state index contributed by atoms with van der Waals surface area (Å²) in [5, 5.41) is 4.79. The standard InChI is InChI=1S/C18H24N4O5/c1-2-19-18(25)20-16(23)11-21-7-9-22(10-8-21)17(24)15-12-26-13-5-3-4-6-14(13)27-15/h3-6,15H,2,7-12H2,1H3,(H2,19,20,23,25)/t15-/m1/s1. The number of nitrogens with one attached hydrogen (secondary N) is 2. The van der Waals surface area contributed by atoms with Crippen LogP contribution in [0.15, 0.2) is 24.3 Å². The summed E-state index contributed by atoms with van der Waals surface area (Å²) in [6, 6.07) is 6.78. The van der Waals surface area contributed by atoms with E-state index in [9.17, 15) is 14.4 Å². The lowest BCUT2D eigenvalue weighted by Crippen LogP contribution is -2.55. The zero-order valence-corrected chi connectivity index (χ0v) is 15.3. The van der Waals surface area contributed by atoms with Crippen molar-refractivity contribution in [1.82, 2.24) is 20.4 Å². The first-order valence-electron chi connectivity index (χ1n) is 9.04. The number of hydrogen-bond acceptors (Lipinski definition) is 6. The monoisotopic (exact) mass is 376 g/mol. The number of imide groups is 1. The molecule has 4 amide bonds. The number of hydrogen-bond donors (Lipinski definition) is 2. The van der Waals surface area contributed by atoms with Crippen molar-refractivity contribution < 1.29 is 23.9 Å². The molecule has 0 bridgehead atoms. The molecule has 1 aromatic rings. The van der Waals surface area contributed by atoms with E-state index < -0.39 is 12.1 Å². The normalized spacial score (nSPS) is 19.3. The van der Waals surface area contributed by atoms with Gasteiger partial charge in [0.05, 0.1) is 6.54 Å². The molecule has 146 valence electrons. The minimum Gasteiger partial charge on any atom is -0.485 e. The van der Waals surface area contributed by atoms with Crippen molar-refractivity contribution in [2.45, 2.75) is 13.0 Å².